The van der Waals surface area contributed by atoms with E-state index in [1.807, 2.05) is 48.5 Å². The standard InChI is InChI=1S/C23H23N3O4S/c1-2-17-10-11-24-20(12-17)13-19-8-9-21(26-15-23(27)25-31(26,28)29)22(14-19)30-16-18-6-4-3-5-7-18/h3-12,14-15,25,27H,2,13,16H2,1H3. The van der Waals surface area contributed by atoms with Gasteiger partial charge >= 0.3 is 10.2 Å². The highest BCUT2D eigenvalue weighted by Crippen LogP contribution is 2.34. The van der Waals surface area contributed by atoms with E-state index in [4.69, 9.17) is 4.74 Å². The molecule has 31 heavy (non-hydrogen) atoms. The molecule has 0 saturated heterocycles. The van der Waals surface area contributed by atoms with Crippen LogP contribution in [0, 0.1) is 0 Å². The first-order valence-electron chi connectivity index (χ1n) is 9.91. The maximum absolute atomic E-state index is 12.4. The van der Waals surface area contributed by atoms with E-state index in [1.54, 1.807) is 12.3 Å². The summed E-state index contributed by atoms with van der Waals surface area (Å²) in [6.07, 6.45) is 4.43. The van der Waals surface area contributed by atoms with Gasteiger partial charge in [0.25, 0.3) is 0 Å². The molecule has 0 aliphatic carbocycles. The van der Waals surface area contributed by atoms with Crippen molar-refractivity contribution in [3.8, 4) is 5.75 Å². The fourth-order valence-electron chi connectivity index (χ4n) is 3.34. The topological polar surface area (TPSA) is 91.8 Å². The molecular formula is C23H23N3O4S. The Morgan fingerprint density at radius 1 is 1.03 bits per heavy atom. The Bertz CT molecular complexity index is 1210. The lowest BCUT2D eigenvalue weighted by atomic mass is 10.1. The average Bonchev–Trinajstić information content (AvgIpc) is 3.05. The summed E-state index contributed by atoms with van der Waals surface area (Å²) < 4.78 is 33.8. The van der Waals surface area contributed by atoms with Gasteiger partial charge in [-0.3, -0.25) is 4.98 Å². The monoisotopic (exact) mass is 437 g/mol. The van der Waals surface area contributed by atoms with Gasteiger partial charge in [-0.05, 0) is 47.4 Å². The third-order valence-electron chi connectivity index (χ3n) is 4.91. The number of aliphatic hydroxyl groups is 1. The fourth-order valence-corrected chi connectivity index (χ4v) is 4.41. The minimum Gasteiger partial charge on any atom is -0.493 e. The molecule has 0 saturated carbocycles. The zero-order valence-corrected chi connectivity index (χ0v) is 17.8. The van der Waals surface area contributed by atoms with Crippen molar-refractivity contribution in [1.29, 1.82) is 0 Å². The molecular weight excluding hydrogens is 414 g/mol. The van der Waals surface area contributed by atoms with E-state index < -0.39 is 16.1 Å². The van der Waals surface area contributed by atoms with Crippen LogP contribution < -0.4 is 13.8 Å². The second kappa shape index (κ2) is 8.69. The third kappa shape index (κ3) is 4.80. The quantitative estimate of drug-likeness (QED) is 0.586. The third-order valence-corrected chi connectivity index (χ3v) is 6.19. The Morgan fingerprint density at radius 2 is 1.84 bits per heavy atom. The zero-order valence-electron chi connectivity index (χ0n) is 17.0. The first kappa shape index (κ1) is 20.7. The molecule has 2 N–H and O–H groups in total. The lowest BCUT2D eigenvalue weighted by Gasteiger charge is -2.19. The number of hydrogen-bond acceptors (Lipinski definition) is 5. The first-order chi connectivity index (χ1) is 14.9. The number of anilines is 1. The Balaban J connectivity index is 1.67. The summed E-state index contributed by atoms with van der Waals surface area (Å²) in [6, 6.07) is 19.0. The van der Waals surface area contributed by atoms with Crippen LogP contribution in [0.5, 0.6) is 5.75 Å². The maximum Gasteiger partial charge on any atom is 0.330 e. The number of pyridine rings is 1. The minimum atomic E-state index is -3.93. The van der Waals surface area contributed by atoms with E-state index in [1.165, 1.54) is 5.56 Å². The minimum absolute atomic E-state index is 0.276. The number of benzene rings is 2. The molecule has 4 rings (SSSR count). The van der Waals surface area contributed by atoms with Gasteiger partial charge in [0.05, 0.1) is 6.20 Å². The molecule has 0 unspecified atom stereocenters. The van der Waals surface area contributed by atoms with Crippen LogP contribution in [0.3, 0.4) is 0 Å². The molecule has 1 aromatic heterocycles. The van der Waals surface area contributed by atoms with Gasteiger partial charge in [-0.2, -0.15) is 8.42 Å². The number of nitrogens with one attached hydrogen (secondary N) is 1. The SMILES string of the molecule is CCc1ccnc(Cc2ccc(N3C=C(O)NS3(=O)=O)c(OCc3ccccc3)c2)c1. The van der Waals surface area contributed by atoms with Crippen molar-refractivity contribution in [3.63, 3.8) is 0 Å². The van der Waals surface area contributed by atoms with Crippen LogP contribution >= 0.6 is 0 Å². The van der Waals surface area contributed by atoms with Gasteiger partial charge in [0.15, 0.2) is 0 Å². The molecule has 0 bridgehead atoms. The fraction of sp³-hybridized carbons (Fsp3) is 0.174. The molecule has 0 atom stereocenters. The first-order valence-corrected chi connectivity index (χ1v) is 11.3. The van der Waals surface area contributed by atoms with Crippen molar-refractivity contribution in [3.05, 3.63) is 101 Å². The van der Waals surface area contributed by atoms with E-state index in [9.17, 15) is 13.5 Å². The summed E-state index contributed by atoms with van der Waals surface area (Å²) >= 11 is 0. The van der Waals surface area contributed by atoms with Crippen LogP contribution in [0.15, 0.2) is 78.9 Å². The van der Waals surface area contributed by atoms with Crippen LogP contribution in [-0.4, -0.2) is 18.5 Å². The largest absolute Gasteiger partial charge is 0.493 e. The Hall–Kier alpha value is -3.52. The van der Waals surface area contributed by atoms with Crippen molar-refractivity contribution >= 4 is 15.9 Å². The molecule has 0 radical (unpaired) electrons. The molecule has 0 fully saturated rings. The lowest BCUT2D eigenvalue weighted by molar-refractivity contribution is 0.307. The van der Waals surface area contributed by atoms with Crippen LogP contribution in [0.4, 0.5) is 5.69 Å². The van der Waals surface area contributed by atoms with Crippen molar-refractivity contribution in [1.82, 2.24) is 9.71 Å². The van der Waals surface area contributed by atoms with Crippen molar-refractivity contribution in [2.45, 2.75) is 26.4 Å². The Kier molecular flexibility index (Phi) is 5.81. The maximum atomic E-state index is 12.4. The zero-order chi connectivity index (χ0) is 21.8. The summed E-state index contributed by atoms with van der Waals surface area (Å²) in [4.78, 5) is 4.44. The van der Waals surface area contributed by atoms with Gasteiger partial charge in [-0.1, -0.05) is 43.3 Å². The van der Waals surface area contributed by atoms with E-state index in [2.05, 4.69) is 22.7 Å². The number of aryl methyl sites for hydroxylation is 1. The van der Waals surface area contributed by atoms with Crippen molar-refractivity contribution < 1.29 is 18.3 Å². The second-order valence-corrected chi connectivity index (χ2v) is 8.73. The molecule has 0 spiro atoms. The van der Waals surface area contributed by atoms with E-state index in [0.29, 0.717) is 17.9 Å². The summed E-state index contributed by atoms with van der Waals surface area (Å²) in [5, 5.41) is 9.67. The molecule has 1 aliphatic heterocycles. The Morgan fingerprint density at radius 3 is 2.55 bits per heavy atom. The lowest BCUT2D eigenvalue weighted by Crippen LogP contribution is -2.30. The summed E-state index contributed by atoms with van der Waals surface area (Å²) in [6.45, 7) is 2.37. The molecule has 2 heterocycles. The van der Waals surface area contributed by atoms with Crippen LogP contribution in [0.2, 0.25) is 0 Å². The molecule has 0 amide bonds. The normalized spacial score (nSPS) is 14.7. The van der Waals surface area contributed by atoms with Gasteiger partial charge in [-0.25, -0.2) is 9.03 Å². The van der Waals surface area contributed by atoms with Crippen molar-refractivity contribution in [2.75, 3.05) is 4.31 Å². The van der Waals surface area contributed by atoms with Crippen molar-refractivity contribution in [2.24, 2.45) is 0 Å². The number of ether oxygens (including phenoxy) is 1. The molecule has 2 aromatic carbocycles. The molecule has 7 nitrogen and oxygen atoms in total. The number of nitrogens with zero attached hydrogens (tertiary/aromatic N) is 2. The number of hydrogen-bond donors (Lipinski definition) is 2. The van der Waals surface area contributed by atoms with Gasteiger partial charge in [0, 0.05) is 18.3 Å². The number of rotatable bonds is 7. The van der Waals surface area contributed by atoms with Gasteiger partial charge in [0.2, 0.25) is 5.88 Å². The second-order valence-electron chi connectivity index (χ2n) is 7.18. The van der Waals surface area contributed by atoms with Gasteiger partial charge in [-0.15, -0.1) is 0 Å². The van der Waals surface area contributed by atoms with Crippen LogP contribution in [-0.2, 0) is 29.7 Å². The number of aliphatic hydroxyl groups excluding tert-OH is 1. The highest BCUT2D eigenvalue weighted by molar-refractivity contribution is 7.91. The molecule has 1 aliphatic rings. The van der Waals surface area contributed by atoms with E-state index in [-0.39, 0.29) is 6.61 Å². The summed E-state index contributed by atoms with van der Waals surface area (Å²) in [7, 11) is -3.93. The highest BCUT2D eigenvalue weighted by atomic mass is 32.2. The highest BCUT2D eigenvalue weighted by Gasteiger charge is 2.31. The molecule has 3 aromatic rings. The molecule has 160 valence electrons. The summed E-state index contributed by atoms with van der Waals surface area (Å²) in [5.41, 5.74) is 4.33. The smallest absolute Gasteiger partial charge is 0.330 e. The van der Waals surface area contributed by atoms with Crippen LogP contribution in [0.25, 0.3) is 0 Å². The predicted octanol–water partition coefficient (Wildman–Crippen LogP) is 3.83. The van der Waals surface area contributed by atoms with Gasteiger partial charge in [0.1, 0.15) is 18.0 Å². The van der Waals surface area contributed by atoms with E-state index in [0.717, 1.165) is 33.7 Å². The van der Waals surface area contributed by atoms with Crippen LogP contribution in [0.1, 0.15) is 29.3 Å². The van der Waals surface area contributed by atoms with Gasteiger partial charge < -0.3 is 9.84 Å². The molecule has 8 heteroatoms. The number of aromatic nitrogens is 1. The predicted molar refractivity (Wildman–Crippen MR) is 119 cm³/mol. The Labute approximate surface area is 181 Å². The average molecular weight is 438 g/mol. The van der Waals surface area contributed by atoms with E-state index >= 15 is 0 Å². The summed E-state index contributed by atoms with van der Waals surface area (Å²) in [5.74, 6) is -0.0528.